The molecule has 0 saturated carbocycles. The summed E-state index contributed by atoms with van der Waals surface area (Å²) in [6.07, 6.45) is 0. The van der Waals surface area contributed by atoms with Gasteiger partial charge >= 0.3 is 5.97 Å². The number of ketones is 1. The third-order valence-electron chi connectivity index (χ3n) is 4.65. The van der Waals surface area contributed by atoms with Gasteiger partial charge < -0.3 is 9.30 Å². The zero-order valence-corrected chi connectivity index (χ0v) is 17.4. The summed E-state index contributed by atoms with van der Waals surface area (Å²) in [5.74, 6) is -3.31. The molecule has 2 N–H and O–H groups in total. The number of nitrogens with two attached hydrogens (primary N) is 1. The highest BCUT2D eigenvalue weighted by atomic mass is 32.2. The number of carbonyl (C=O) groups excluding carboxylic acids is 2. The maximum Gasteiger partial charge on any atom is 0.341 e. The number of sulfonamides is 1. The molecule has 0 spiro atoms. The lowest BCUT2D eigenvalue weighted by Gasteiger charge is -2.11. The molecule has 3 aromatic rings. The minimum atomic E-state index is -4.16. The number of primary sulfonamides is 1. The minimum Gasteiger partial charge on any atom is -0.454 e. The molecule has 0 radical (unpaired) electrons. The van der Waals surface area contributed by atoms with Gasteiger partial charge in [-0.15, -0.1) is 0 Å². The van der Waals surface area contributed by atoms with E-state index in [1.165, 1.54) is 12.1 Å². The van der Waals surface area contributed by atoms with Crippen molar-refractivity contribution in [2.45, 2.75) is 18.7 Å². The number of carbonyl (C=O) groups is 2. The summed E-state index contributed by atoms with van der Waals surface area (Å²) in [5, 5.41) is 4.98. The number of hydrogen-bond acceptors (Lipinski definition) is 5. The number of hydrogen-bond donors (Lipinski definition) is 1. The molecule has 0 aliphatic heterocycles. The van der Waals surface area contributed by atoms with Crippen LogP contribution in [0.2, 0.25) is 0 Å². The molecule has 3 rings (SSSR count). The molecule has 7 nitrogen and oxygen atoms in total. The van der Waals surface area contributed by atoms with E-state index < -0.39 is 50.5 Å². The molecule has 0 unspecified atom stereocenters. The lowest BCUT2D eigenvalue weighted by atomic mass is 10.1. The van der Waals surface area contributed by atoms with Gasteiger partial charge in [-0.2, -0.15) is 0 Å². The van der Waals surface area contributed by atoms with Gasteiger partial charge in [0, 0.05) is 17.0 Å². The molecular weight excluding hydrogens is 430 g/mol. The third-order valence-corrected chi connectivity index (χ3v) is 5.56. The molecule has 0 fully saturated rings. The van der Waals surface area contributed by atoms with Crippen molar-refractivity contribution in [3.63, 3.8) is 0 Å². The molecule has 0 amide bonds. The Labute approximate surface area is 177 Å². The van der Waals surface area contributed by atoms with E-state index in [1.807, 2.05) is 0 Å². The van der Waals surface area contributed by atoms with Crippen LogP contribution < -0.4 is 5.14 Å². The van der Waals surface area contributed by atoms with E-state index in [9.17, 15) is 26.8 Å². The standard InChI is InChI=1S/C21H18F2N2O5S/c1-12-9-15(13(2)25(12)19-6-4-3-5-18(19)23)20(26)11-30-21(27)16-10-14(31(24,28)29)7-8-17(16)22/h3-10H,11H2,1-2H3,(H2,24,28,29). The number of benzene rings is 2. The van der Waals surface area contributed by atoms with Crippen molar-refractivity contribution in [1.29, 1.82) is 0 Å². The van der Waals surface area contributed by atoms with Crippen molar-refractivity contribution in [1.82, 2.24) is 4.57 Å². The zero-order valence-electron chi connectivity index (χ0n) is 16.6. The van der Waals surface area contributed by atoms with Gasteiger partial charge in [-0.05, 0) is 50.2 Å². The Kier molecular flexibility index (Phi) is 6.05. The summed E-state index contributed by atoms with van der Waals surface area (Å²) >= 11 is 0. The zero-order chi connectivity index (χ0) is 22.9. The van der Waals surface area contributed by atoms with E-state index in [-0.39, 0.29) is 11.3 Å². The van der Waals surface area contributed by atoms with Crippen LogP contribution in [0.25, 0.3) is 5.69 Å². The van der Waals surface area contributed by atoms with Crippen molar-refractivity contribution >= 4 is 21.8 Å². The van der Waals surface area contributed by atoms with Gasteiger partial charge in [-0.3, -0.25) is 4.79 Å². The van der Waals surface area contributed by atoms with Crippen molar-refractivity contribution in [3.05, 3.63) is 82.7 Å². The fourth-order valence-electron chi connectivity index (χ4n) is 3.17. The van der Waals surface area contributed by atoms with Gasteiger partial charge in [0.2, 0.25) is 15.8 Å². The molecule has 10 heteroatoms. The number of nitrogens with zero attached hydrogens (tertiary/aromatic N) is 1. The van der Waals surface area contributed by atoms with Gasteiger partial charge in [0.15, 0.2) is 6.61 Å². The Balaban J connectivity index is 1.82. The Morgan fingerprint density at radius 3 is 2.32 bits per heavy atom. The fraction of sp³-hybridized carbons (Fsp3) is 0.143. The van der Waals surface area contributed by atoms with Crippen LogP contribution in [0.4, 0.5) is 8.78 Å². The van der Waals surface area contributed by atoms with Crippen LogP contribution >= 0.6 is 0 Å². The molecule has 0 saturated heterocycles. The normalized spacial score (nSPS) is 11.4. The Hall–Kier alpha value is -3.37. The second-order valence-corrected chi connectivity index (χ2v) is 8.32. The molecule has 2 aromatic carbocycles. The molecule has 0 atom stereocenters. The molecule has 162 valence electrons. The van der Waals surface area contributed by atoms with Gasteiger partial charge in [-0.1, -0.05) is 12.1 Å². The number of aryl methyl sites for hydroxylation is 1. The monoisotopic (exact) mass is 448 g/mol. The highest BCUT2D eigenvalue weighted by Crippen LogP contribution is 2.23. The molecule has 1 heterocycles. The first-order valence-corrected chi connectivity index (χ1v) is 10.5. The molecule has 31 heavy (non-hydrogen) atoms. The molecule has 0 aliphatic carbocycles. The lowest BCUT2D eigenvalue weighted by molar-refractivity contribution is 0.0469. The van der Waals surface area contributed by atoms with Gasteiger partial charge in [0.25, 0.3) is 0 Å². The first-order valence-electron chi connectivity index (χ1n) is 8.97. The van der Waals surface area contributed by atoms with Gasteiger partial charge in [0.1, 0.15) is 11.6 Å². The van der Waals surface area contributed by atoms with Crippen LogP contribution in [-0.2, 0) is 14.8 Å². The van der Waals surface area contributed by atoms with Gasteiger partial charge in [-0.25, -0.2) is 27.1 Å². The average molecular weight is 448 g/mol. The van der Waals surface area contributed by atoms with E-state index in [4.69, 9.17) is 9.88 Å². The second kappa shape index (κ2) is 8.40. The lowest BCUT2D eigenvalue weighted by Crippen LogP contribution is -2.17. The molecule has 1 aromatic heterocycles. The Morgan fingerprint density at radius 1 is 1.00 bits per heavy atom. The number of Topliss-reactive ketones (excluding diaryl/α,β-unsaturated/α-hetero) is 1. The number of rotatable bonds is 6. The summed E-state index contributed by atoms with van der Waals surface area (Å²) in [7, 11) is -4.16. The summed E-state index contributed by atoms with van der Waals surface area (Å²) in [5.41, 5.74) is 0.814. The van der Waals surface area contributed by atoms with E-state index >= 15 is 0 Å². The molecular formula is C21H18F2N2O5S. The molecule has 0 aliphatic rings. The van der Waals surface area contributed by atoms with Crippen molar-refractivity contribution in [2.75, 3.05) is 6.61 Å². The Morgan fingerprint density at radius 2 is 1.68 bits per heavy atom. The third kappa shape index (κ3) is 4.54. The number of halogens is 2. The number of aromatic nitrogens is 1. The smallest absolute Gasteiger partial charge is 0.341 e. The van der Waals surface area contributed by atoms with Crippen molar-refractivity contribution in [2.24, 2.45) is 5.14 Å². The first-order chi connectivity index (χ1) is 14.5. The van der Waals surface area contributed by atoms with Crippen molar-refractivity contribution < 1.29 is 31.5 Å². The first kappa shape index (κ1) is 22.3. The quantitative estimate of drug-likeness (QED) is 0.461. The van der Waals surface area contributed by atoms with Crippen LogP contribution in [-0.4, -0.2) is 31.3 Å². The fourth-order valence-corrected chi connectivity index (χ4v) is 3.71. The number of ether oxygens (including phenoxy) is 1. The predicted octanol–water partition coefficient (Wildman–Crippen LogP) is 3.06. The van der Waals surface area contributed by atoms with E-state index in [1.54, 1.807) is 36.6 Å². The second-order valence-electron chi connectivity index (χ2n) is 6.76. The summed E-state index contributed by atoms with van der Waals surface area (Å²) in [6.45, 7) is 2.58. The van der Waals surface area contributed by atoms with Crippen LogP contribution in [0.5, 0.6) is 0 Å². The largest absolute Gasteiger partial charge is 0.454 e. The SMILES string of the molecule is Cc1cc(C(=O)COC(=O)c2cc(S(N)(=O)=O)ccc2F)c(C)n1-c1ccccc1F. The summed E-state index contributed by atoms with van der Waals surface area (Å²) < 4.78 is 57.4. The minimum absolute atomic E-state index is 0.201. The summed E-state index contributed by atoms with van der Waals surface area (Å²) in [6, 6.07) is 9.99. The van der Waals surface area contributed by atoms with Crippen LogP contribution in [0.15, 0.2) is 53.4 Å². The highest BCUT2D eigenvalue weighted by Gasteiger charge is 2.22. The van der Waals surface area contributed by atoms with Crippen LogP contribution in [0.3, 0.4) is 0 Å². The topological polar surface area (TPSA) is 108 Å². The maximum atomic E-state index is 14.2. The number of para-hydroxylation sites is 1. The Bertz CT molecular complexity index is 1300. The average Bonchev–Trinajstić information content (AvgIpc) is 3.00. The van der Waals surface area contributed by atoms with Crippen LogP contribution in [0.1, 0.15) is 32.1 Å². The number of esters is 1. The van der Waals surface area contributed by atoms with E-state index in [0.717, 1.165) is 18.2 Å². The summed E-state index contributed by atoms with van der Waals surface area (Å²) in [4.78, 5) is 24.3. The van der Waals surface area contributed by atoms with E-state index in [2.05, 4.69) is 0 Å². The van der Waals surface area contributed by atoms with E-state index in [0.29, 0.717) is 11.4 Å². The highest BCUT2D eigenvalue weighted by molar-refractivity contribution is 7.89. The van der Waals surface area contributed by atoms with Crippen LogP contribution in [0, 0.1) is 25.5 Å². The van der Waals surface area contributed by atoms with Gasteiger partial charge in [0.05, 0.1) is 16.1 Å². The predicted molar refractivity (Wildman–Crippen MR) is 108 cm³/mol. The van der Waals surface area contributed by atoms with Crippen molar-refractivity contribution in [3.8, 4) is 5.69 Å². The maximum absolute atomic E-state index is 14.2. The molecule has 0 bridgehead atoms.